The molecule has 0 saturated carbocycles. The summed E-state index contributed by atoms with van der Waals surface area (Å²) < 4.78 is 13.0. The first-order valence-corrected chi connectivity index (χ1v) is 6.58. The van der Waals surface area contributed by atoms with Crippen molar-refractivity contribution in [2.24, 2.45) is 5.92 Å². The number of hydrogen-bond donors (Lipinski definition) is 2. The summed E-state index contributed by atoms with van der Waals surface area (Å²) in [6, 6.07) is 5.37. The number of carbonyl (C=O) groups excluding carboxylic acids is 1. The number of likely N-dealkylation sites (tertiary alicyclic amines) is 1. The Morgan fingerprint density at radius 1 is 1.45 bits per heavy atom. The third-order valence-corrected chi connectivity index (χ3v) is 3.35. The van der Waals surface area contributed by atoms with E-state index in [0.29, 0.717) is 18.8 Å². The minimum Gasteiger partial charge on any atom is -0.481 e. The molecule has 2 amide bonds. The molecule has 1 heterocycles. The van der Waals surface area contributed by atoms with Crippen molar-refractivity contribution in [2.75, 3.05) is 18.4 Å². The number of nitrogens with one attached hydrogen (secondary N) is 1. The van der Waals surface area contributed by atoms with E-state index in [2.05, 4.69) is 5.32 Å². The fraction of sp³-hybridized carbons (Fsp3) is 0.429. The van der Waals surface area contributed by atoms with E-state index in [-0.39, 0.29) is 18.4 Å². The van der Waals surface area contributed by atoms with Crippen LogP contribution in [0.25, 0.3) is 0 Å². The summed E-state index contributed by atoms with van der Waals surface area (Å²) in [5.74, 6) is -1.27. The second kappa shape index (κ2) is 6.36. The fourth-order valence-corrected chi connectivity index (χ4v) is 2.43. The van der Waals surface area contributed by atoms with E-state index in [0.717, 1.165) is 12.8 Å². The number of piperidine rings is 1. The zero-order chi connectivity index (χ0) is 14.5. The number of urea groups is 1. The molecular weight excluding hydrogens is 263 g/mol. The molecule has 0 aromatic heterocycles. The van der Waals surface area contributed by atoms with Gasteiger partial charge >= 0.3 is 12.0 Å². The lowest BCUT2D eigenvalue weighted by atomic mass is 9.95. The maximum atomic E-state index is 13.0. The molecule has 0 spiro atoms. The number of rotatable bonds is 3. The van der Waals surface area contributed by atoms with Gasteiger partial charge in [0, 0.05) is 25.2 Å². The number of halogens is 1. The summed E-state index contributed by atoms with van der Waals surface area (Å²) >= 11 is 0. The van der Waals surface area contributed by atoms with Crippen molar-refractivity contribution >= 4 is 17.7 Å². The van der Waals surface area contributed by atoms with Crippen LogP contribution in [0.1, 0.15) is 19.3 Å². The Hall–Kier alpha value is -2.11. The van der Waals surface area contributed by atoms with Crippen LogP contribution in [0.15, 0.2) is 24.3 Å². The topological polar surface area (TPSA) is 69.6 Å². The largest absolute Gasteiger partial charge is 0.481 e. The molecule has 1 atom stereocenters. The number of anilines is 1. The summed E-state index contributed by atoms with van der Waals surface area (Å²) in [7, 11) is 0. The smallest absolute Gasteiger partial charge is 0.321 e. The summed E-state index contributed by atoms with van der Waals surface area (Å²) in [5, 5.41) is 11.4. The van der Waals surface area contributed by atoms with Crippen molar-refractivity contribution < 1.29 is 19.1 Å². The standard InChI is InChI=1S/C14H17FN2O3/c15-11-4-1-5-12(8-11)16-14(20)17-6-2-3-10(9-17)7-13(18)19/h1,4-5,8,10H,2-3,6-7,9H2,(H,16,20)(H,18,19). The Morgan fingerprint density at radius 2 is 2.25 bits per heavy atom. The highest BCUT2D eigenvalue weighted by molar-refractivity contribution is 5.89. The number of carboxylic acid groups (broad SMARTS) is 1. The first-order valence-electron chi connectivity index (χ1n) is 6.58. The molecule has 20 heavy (non-hydrogen) atoms. The van der Waals surface area contributed by atoms with Gasteiger partial charge in [0.15, 0.2) is 0 Å². The van der Waals surface area contributed by atoms with Gasteiger partial charge in [0.05, 0.1) is 0 Å². The van der Waals surface area contributed by atoms with Crippen molar-refractivity contribution in [3.8, 4) is 0 Å². The molecule has 5 nitrogen and oxygen atoms in total. The lowest BCUT2D eigenvalue weighted by molar-refractivity contribution is -0.138. The molecule has 108 valence electrons. The first-order chi connectivity index (χ1) is 9.54. The van der Waals surface area contributed by atoms with Gasteiger partial charge in [0.2, 0.25) is 0 Å². The van der Waals surface area contributed by atoms with E-state index < -0.39 is 11.8 Å². The number of carboxylic acids is 1. The Labute approximate surface area is 116 Å². The molecule has 1 saturated heterocycles. The maximum absolute atomic E-state index is 13.0. The number of aliphatic carboxylic acids is 1. The number of nitrogens with zero attached hydrogens (tertiary/aromatic N) is 1. The first kappa shape index (κ1) is 14.3. The van der Waals surface area contributed by atoms with E-state index in [4.69, 9.17) is 5.11 Å². The van der Waals surface area contributed by atoms with E-state index in [1.165, 1.54) is 18.2 Å². The van der Waals surface area contributed by atoms with Gasteiger partial charge in [-0.25, -0.2) is 9.18 Å². The Balaban J connectivity index is 1.93. The molecule has 1 unspecified atom stereocenters. The van der Waals surface area contributed by atoms with Crippen LogP contribution in [0.2, 0.25) is 0 Å². The van der Waals surface area contributed by atoms with Crippen LogP contribution in [0.5, 0.6) is 0 Å². The summed E-state index contributed by atoms with van der Waals surface area (Å²) in [5.41, 5.74) is 0.398. The van der Waals surface area contributed by atoms with Gasteiger partial charge in [-0.15, -0.1) is 0 Å². The highest BCUT2D eigenvalue weighted by atomic mass is 19.1. The van der Waals surface area contributed by atoms with Gasteiger partial charge in [-0.1, -0.05) is 6.07 Å². The third kappa shape index (κ3) is 3.94. The molecular formula is C14H17FN2O3. The molecule has 6 heteroatoms. The quantitative estimate of drug-likeness (QED) is 0.894. The number of carbonyl (C=O) groups is 2. The molecule has 1 aliphatic heterocycles. The van der Waals surface area contributed by atoms with E-state index in [9.17, 15) is 14.0 Å². The lowest BCUT2D eigenvalue weighted by Crippen LogP contribution is -2.42. The highest BCUT2D eigenvalue weighted by Crippen LogP contribution is 2.20. The molecule has 0 bridgehead atoms. The maximum Gasteiger partial charge on any atom is 0.321 e. The van der Waals surface area contributed by atoms with Crippen LogP contribution < -0.4 is 5.32 Å². The van der Waals surface area contributed by atoms with E-state index >= 15 is 0 Å². The normalized spacial score (nSPS) is 18.6. The van der Waals surface area contributed by atoms with E-state index in [1.807, 2.05) is 0 Å². The number of benzene rings is 1. The molecule has 0 radical (unpaired) electrons. The Kier molecular flexibility index (Phi) is 4.55. The molecule has 2 N–H and O–H groups in total. The summed E-state index contributed by atoms with van der Waals surface area (Å²) in [6.45, 7) is 1.02. The molecule has 1 fully saturated rings. The van der Waals surface area contributed by atoms with Crippen LogP contribution in [-0.4, -0.2) is 35.1 Å². The van der Waals surface area contributed by atoms with Gasteiger partial charge in [0.1, 0.15) is 5.82 Å². The van der Waals surface area contributed by atoms with E-state index in [1.54, 1.807) is 11.0 Å². The molecule has 0 aliphatic carbocycles. The molecule has 1 aromatic carbocycles. The lowest BCUT2D eigenvalue weighted by Gasteiger charge is -2.32. The average molecular weight is 280 g/mol. The van der Waals surface area contributed by atoms with Crippen molar-refractivity contribution in [1.29, 1.82) is 0 Å². The van der Waals surface area contributed by atoms with Crippen LogP contribution in [0.3, 0.4) is 0 Å². The summed E-state index contributed by atoms with van der Waals surface area (Å²) in [6.07, 6.45) is 1.67. The minimum atomic E-state index is -0.845. The van der Waals surface area contributed by atoms with Crippen molar-refractivity contribution in [2.45, 2.75) is 19.3 Å². The average Bonchev–Trinajstić information content (AvgIpc) is 2.38. The van der Waals surface area contributed by atoms with Crippen LogP contribution in [0.4, 0.5) is 14.9 Å². The minimum absolute atomic E-state index is 0.0143. The van der Waals surface area contributed by atoms with Gasteiger partial charge in [0.25, 0.3) is 0 Å². The fourth-order valence-electron chi connectivity index (χ4n) is 2.43. The Bertz CT molecular complexity index is 507. The van der Waals surface area contributed by atoms with Gasteiger partial charge < -0.3 is 15.3 Å². The number of hydrogen-bond acceptors (Lipinski definition) is 2. The van der Waals surface area contributed by atoms with Gasteiger partial charge in [-0.3, -0.25) is 4.79 Å². The Morgan fingerprint density at radius 3 is 2.95 bits per heavy atom. The second-order valence-electron chi connectivity index (χ2n) is 4.99. The van der Waals surface area contributed by atoms with Gasteiger partial charge in [-0.05, 0) is 37.0 Å². The van der Waals surface area contributed by atoms with Crippen LogP contribution >= 0.6 is 0 Å². The highest BCUT2D eigenvalue weighted by Gasteiger charge is 2.25. The predicted octanol–water partition coefficient (Wildman–Crippen LogP) is 2.54. The predicted molar refractivity (Wildman–Crippen MR) is 72.0 cm³/mol. The SMILES string of the molecule is O=C(O)CC1CCCN(C(=O)Nc2cccc(F)c2)C1. The molecule has 1 aromatic rings. The molecule has 2 rings (SSSR count). The number of amides is 2. The van der Waals surface area contributed by atoms with Gasteiger partial charge in [-0.2, -0.15) is 0 Å². The second-order valence-corrected chi connectivity index (χ2v) is 4.99. The zero-order valence-electron chi connectivity index (χ0n) is 11.0. The van der Waals surface area contributed by atoms with Crippen molar-refractivity contribution in [3.05, 3.63) is 30.1 Å². The van der Waals surface area contributed by atoms with Crippen LogP contribution in [-0.2, 0) is 4.79 Å². The van der Waals surface area contributed by atoms with Crippen molar-refractivity contribution in [3.63, 3.8) is 0 Å². The van der Waals surface area contributed by atoms with Crippen molar-refractivity contribution in [1.82, 2.24) is 4.90 Å². The third-order valence-electron chi connectivity index (χ3n) is 3.35. The molecule has 1 aliphatic rings. The van der Waals surface area contributed by atoms with Crippen LogP contribution in [0, 0.1) is 11.7 Å². The summed E-state index contributed by atoms with van der Waals surface area (Å²) in [4.78, 5) is 24.4. The zero-order valence-corrected chi connectivity index (χ0v) is 11.0. The monoisotopic (exact) mass is 280 g/mol.